The standard InChI is InChI=1S/C36H45Cl2N5O15S/c1-41-19-25(24-16-22(37)17-27(38)26(24)20-41)21-3-2-4-23(15-21)59(52,53)40-8-10-55-12-14-56-13-11-54-9-7-39-28-18-31(46)43(34(28)49)58-36(51)33(48)32(47)35(50)57-42-29(44)5-6-30(42)45/h2-4,15-17,25,28,32-34,39-40,47-49H,5-14,18-20H2,1H3. The molecule has 59 heavy (non-hydrogen) atoms. The highest BCUT2D eigenvalue weighted by molar-refractivity contribution is 7.89. The summed E-state index contributed by atoms with van der Waals surface area (Å²) < 4.78 is 45.1. The Labute approximate surface area is 349 Å². The topological polar surface area (TPSA) is 260 Å². The molecule has 3 amide bonds. The molecule has 20 nitrogen and oxygen atoms in total. The molecule has 324 valence electrons. The van der Waals surface area contributed by atoms with Crippen molar-refractivity contribution in [2.24, 2.45) is 0 Å². The van der Waals surface area contributed by atoms with Crippen molar-refractivity contribution in [2.45, 2.75) is 61.1 Å². The quantitative estimate of drug-likeness (QED) is 0.0759. The summed E-state index contributed by atoms with van der Waals surface area (Å²) in [6, 6.07) is 9.46. The summed E-state index contributed by atoms with van der Waals surface area (Å²) in [5.74, 6) is -6.07. The average molecular weight is 891 g/mol. The Morgan fingerprint density at radius 2 is 1.47 bits per heavy atom. The number of carbonyl (C=O) groups excluding carboxylic acids is 5. The van der Waals surface area contributed by atoms with Crippen LogP contribution in [-0.4, -0.2) is 159 Å². The van der Waals surface area contributed by atoms with Crippen molar-refractivity contribution in [1.82, 2.24) is 25.1 Å². The van der Waals surface area contributed by atoms with Crippen molar-refractivity contribution in [3.8, 4) is 0 Å². The molecule has 5 unspecified atom stereocenters. The number of hydrogen-bond donors (Lipinski definition) is 5. The number of hydroxylamine groups is 4. The largest absolute Gasteiger partial charge is 0.379 e. The molecule has 2 aromatic carbocycles. The molecule has 0 aliphatic carbocycles. The van der Waals surface area contributed by atoms with Gasteiger partial charge in [0.15, 0.2) is 18.4 Å². The third-order valence-electron chi connectivity index (χ3n) is 9.40. The zero-order valence-corrected chi connectivity index (χ0v) is 34.1. The Bertz CT molecular complexity index is 1960. The molecule has 5 rings (SSSR count). The van der Waals surface area contributed by atoms with E-state index >= 15 is 0 Å². The van der Waals surface area contributed by atoms with E-state index in [0.29, 0.717) is 23.1 Å². The number of halogens is 2. The first-order valence-corrected chi connectivity index (χ1v) is 20.7. The van der Waals surface area contributed by atoms with Crippen LogP contribution in [-0.2, 0) is 64.4 Å². The lowest BCUT2D eigenvalue weighted by molar-refractivity contribution is -0.234. The van der Waals surface area contributed by atoms with Crippen LogP contribution in [0.1, 0.15) is 41.9 Å². The van der Waals surface area contributed by atoms with Crippen LogP contribution in [0.5, 0.6) is 0 Å². The number of aliphatic hydroxyl groups excluding tert-OH is 3. The molecule has 3 aliphatic heterocycles. The molecule has 23 heteroatoms. The van der Waals surface area contributed by atoms with Gasteiger partial charge in [-0.3, -0.25) is 14.4 Å². The molecule has 2 saturated heterocycles. The third-order valence-corrected chi connectivity index (χ3v) is 11.4. The lowest BCUT2D eigenvalue weighted by Gasteiger charge is -2.33. The predicted molar refractivity (Wildman–Crippen MR) is 203 cm³/mol. The van der Waals surface area contributed by atoms with E-state index in [1.54, 1.807) is 18.2 Å². The maximum atomic E-state index is 13.1. The number of carbonyl (C=O) groups is 5. The van der Waals surface area contributed by atoms with E-state index in [1.165, 1.54) is 6.07 Å². The smallest absolute Gasteiger partial charge is 0.364 e. The minimum Gasteiger partial charge on any atom is -0.379 e. The number of fused-ring (bicyclic) bond motifs is 1. The van der Waals surface area contributed by atoms with Crippen LogP contribution in [0.15, 0.2) is 41.3 Å². The third kappa shape index (κ3) is 12.1. The SMILES string of the molecule is CN1Cc2c(Cl)cc(Cl)cc2C(c2cccc(S(=O)(=O)NCCOCCOCCOCCNC3CC(=O)N(OC(=O)C(O)C(O)C(=O)ON4C(=O)CCC4=O)C3O)c2)C1. The fourth-order valence-corrected chi connectivity index (χ4v) is 8.04. The Morgan fingerprint density at radius 1 is 0.864 bits per heavy atom. The van der Waals surface area contributed by atoms with E-state index in [4.69, 9.17) is 42.3 Å². The van der Waals surface area contributed by atoms with Gasteiger partial charge in [-0.15, -0.1) is 10.1 Å². The molecular formula is C36H45Cl2N5O15S. The number of amides is 3. The zero-order chi connectivity index (χ0) is 42.9. The number of aliphatic hydroxyl groups is 3. The second kappa shape index (κ2) is 21.1. The Balaban J connectivity index is 0.910. The monoisotopic (exact) mass is 889 g/mol. The lowest BCUT2D eigenvalue weighted by atomic mass is 9.85. The lowest BCUT2D eigenvalue weighted by Crippen LogP contribution is -2.49. The van der Waals surface area contributed by atoms with E-state index in [1.807, 2.05) is 19.2 Å². The minimum atomic E-state index is -3.82. The van der Waals surface area contributed by atoms with Crippen LogP contribution in [0.3, 0.4) is 0 Å². The molecule has 0 spiro atoms. The number of sulfonamides is 1. The van der Waals surface area contributed by atoms with Crippen LogP contribution in [0.25, 0.3) is 0 Å². The molecule has 5 atom stereocenters. The molecular weight excluding hydrogens is 845 g/mol. The van der Waals surface area contributed by atoms with Crippen molar-refractivity contribution >= 4 is 62.9 Å². The van der Waals surface area contributed by atoms with Gasteiger partial charge in [0.2, 0.25) is 10.0 Å². The van der Waals surface area contributed by atoms with Gasteiger partial charge in [0.1, 0.15) is 0 Å². The first-order valence-electron chi connectivity index (χ1n) is 18.5. The van der Waals surface area contributed by atoms with E-state index in [9.17, 15) is 47.7 Å². The van der Waals surface area contributed by atoms with Crippen LogP contribution in [0.4, 0.5) is 0 Å². The van der Waals surface area contributed by atoms with E-state index in [2.05, 4.69) is 19.8 Å². The average Bonchev–Trinajstić information content (AvgIpc) is 3.66. The van der Waals surface area contributed by atoms with Crippen LogP contribution >= 0.6 is 23.2 Å². The van der Waals surface area contributed by atoms with Crippen molar-refractivity contribution in [2.75, 3.05) is 66.3 Å². The van der Waals surface area contributed by atoms with Crippen molar-refractivity contribution < 1.29 is 71.6 Å². The van der Waals surface area contributed by atoms with Gasteiger partial charge in [-0.05, 0) is 48.0 Å². The Kier molecular flexibility index (Phi) is 16.5. The minimum absolute atomic E-state index is 0.0406. The molecule has 5 N–H and O–H groups in total. The fourth-order valence-electron chi connectivity index (χ4n) is 6.41. The second-order valence-corrected chi connectivity index (χ2v) is 16.3. The van der Waals surface area contributed by atoms with Gasteiger partial charge < -0.3 is 49.4 Å². The van der Waals surface area contributed by atoms with Gasteiger partial charge in [-0.1, -0.05) is 35.3 Å². The van der Waals surface area contributed by atoms with Crippen molar-refractivity contribution in [3.63, 3.8) is 0 Å². The number of ether oxygens (including phenoxy) is 3. The maximum absolute atomic E-state index is 13.1. The summed E-state index contributed by atoms with van der Waals surface area (Å²) in [6.07, 6.45) is -7.63. The number of likely N-dealkylation sites (N-methyl/N-ethyl adjacent to an activating group) is 1. The van der Waals surface area contributed by atoms with Gasteiger partial charge in [-0.25, -0.2) is 22.7 Å². The molecule has 2 fully saturated rings. The first-order chi connectivity index (χ1) is 28.1. The normalized spacial score (nSPS) is 20.8. The molecule has 0 saturated carbocycles. The van der Waals surface area contributed by atoms with Gasteiger partial charge >= 0.3 is 11.9 Å². The van der Waals surface area contributed by atoms with Gasteiger partial charge in [0, 0.05) is 61.4 Å². The summed E-state index contributed by atoms with van der Waals surface area (Å²) >= 11 is 12.8. The number of benzene rings is 2. The van der Waals surface area contributed by atoms with Crippen molar-refractivity contribution in [1.29, 1.82) is 0 Å². The second-order valence-electron chi connectivity index (χ2n) is 13.7. The number of nitrogens with zero attached hydrogens (tertiary/aromatic N) is 3. The highest BCUT2D eigenvalue weighted by Gasteiger charge is 2.44. The first kappa shape index (κ1) is 46.2. The zero-order valence-electron chi connectivity index (χ0n) is 31.8. The van der Waals surface area contributed by atoms with Crippen LogP contribution < -0.4 is 10.0 Å². The van der Waals surface area contributed by atoms with Gasteiger partial charge in [0.25, 0.3) is 17.7 Å². The Hall–Kier alpha value is -3.84. The Morgan fingerprint density at radius 3 is 2.14 bits per heavy atom. The number of imide groups is 1. The molecule has 3 aliphatic rings. The molecule has 0 bridgehead atoms. The van der Waals surface area contributed by atoms with Gasteiger partial charge in [0.05, 0.1) is 50.6 Å². The fraction of sp³-hybridized carbons (Fsp3) is 0.528. The number of nitrogens with one attached hydrogen (secondary N) is 2. The van der Waals surface area contributed by atoms with E-state index in [0.717, 1.165) is 16.7 Å². The van der Waals surface area contributed by atoms with E-state index < -0.39 is 64.2 Å². The molecule has 2 aromatic rings. The molecule has 0 aromatic heterocycles. The predicted octanol–water partition coefficient (Wildman–Crippen LogP) is -0.805. The highest BCUT2D eigenvalue weighted by Crippen LogP contribution is 2.38. The molecule has 3 heterocycles. The number of rotatable bonds is 21. The summed E-state index contributed by atoms with van der Waals surface area (Å²) in [6.45, 7) is 2.62. The summed E-state index contributed by atoms with van der Waals surface area (Å²) in [5.41, 5.74) is 2.77. The highest BCUT2D eigenvalue weighted by atomic mass is 35.5. The molecule has 0 radical (unpaired) electrons. The van der Waals surface area contributed by atoms with E-state index in [-0.39, 0.29) is 92.9 Å². The van der Waals surface area contributed by atoms with Crippen LogP contribution in [0.2, 0.25) is 10.0 Å². The summed E-state index contributed by atoms with van der Waals surface area (Å²) in [4.78, 5) is 71.2. The summed E-state index contributed by atoms with van der Waals surface area (Å²) in [7, 11) is -1.85. The maximum Gasteiger partial charge on any atom is 0.364 e. The van der Waals surface area contributed by atoms with Gasteiger partial charge in [-0.2, -0.15) is 0 Å². The van der Waals surface area contributed by atoms with Crippen LogP contribution in [0, 0.1) is 0 Å². The van der Waals surface area contributed by atoms with Crippen molar-refractivity contribution in [3.05, 3.63) is 63.1 Å². The number of hydrogen-bond acceptors (Lipinski definition) is 17. The summed E-state index contributed by atoms with van der Waals surface area (Å²) in [5, 5.41) is 34.7.